The fraction of sp³-hybridized carbons (Fsp3) is 0.600. The van der Waals surface area contributed by atoms with E-state index in [1.54, 1.807) is 0 Å². The molecule has 0 aromatic rings. The molecule has 0 aromatic carbocycles. The van der Waals surface area contributed by atoms with E-state index in [-0.39, 0.29) is 12.4 Å². The van der Waals surface area contributed by atoms with Crippen LogP contribution in [-0.4, -0.2) is 69.7 Å². The van der Waals surface area contributed by atoms with Gasteiger partial charge in [-0.2, -0.15) is 5.11 Å². The van der Waals surface area contributed by atoms with E-state index in [4.69, 9.17) is 9.84 Å². The fourth-order valence-electron chi connectivity index (χ4n) is 2.29. The Labute approximate surface area is 107 Å². The number of ether oxygens (including phenoxy) is 1. The highest BCUT2D eigenvalue weighted by Crippen LogP contribution is 2.30. The monoisotopic (exact) mass is 268 g/mol. The highest BCUT2D eigenvalue weighted by Gasteiger charge is 2.48. The first kappa shape index (κ1) is 12.4. The Kier molecular flexibility index (Phi) is 2.90. The highest BCUT2D eigenvalue weighted by atomic mass is 16.6. The molecule has 9 nitrogen and oxygen atoms in total. The number of aliphatic hydroxyl groups excluding tert-OH is 3. The third-order valence-electron chi connectivity index (χ3n) is 3.29. The van der Waals surface area contributed by atoms with Crippen LogP contribution >= 0.6 is 0 Å². The summed E-state index contributed by atoms with van der Waals surface area (Å²) >= 11 is 0. The van der Waals surface area contributed by atoms with Gasteiger partial charge in [-0.05, 0) is 0 Å². The summed E-state index contributed by atoms with van der Waals surface area (Å²) in [5.41, 5.74) is 0.558. The number of amides is 1. The molecule has 19 heavy (non-hydrogen) atoms. The van der Waals surface area contributed by atoms with E-state index in [0.717, 1.165) is 0 Å². The first-order valence-corrected chi connectivity index (χ1v) is 5.72. The third-order valence-corrected chi connectivity index (χ3v) is 3.29. The van der Waals surface area contributed by atoms with E-state index in [0.29, 0.717) is 5.70 Å². The second-order valence-electron chi connectivity index (χ2n) is 4.38. The number of aliphatic hydroxyl groups is 3. The third kappa shape index (κ3) is 1.78. The number of aliphatic imine (C=N–C) groups is 1. The van der Waals surface area contributed by atoms with E-state index in [2.05, 4.69) is 15.2 Å². The molecule has 0 bridgehead atoms. The van der Waals surface area contributed by atoms with Crippen molar-refractivity contribution < 1.29 is 24.9 Å². The number of hydrogen-bond acceptors (Lipinski definition) is 8. The number of rotatable bonds is 2. The lowest BCUT2D eigenvalue weighted by Gasteiger charge is -2.28. The van der Waals surface area contributed by atoms with Gasteiger partial charge in [0, 0.05) is 0 Å². The Bertz CT molecular complexity index is 502. The van der Waals surface area contributed by atoms with Crippen LogP contribution in [0.15, 0.2) is 27.1 Å². The normalized spacial score (nSPS) is 37.4. The highest BCUT2D eigenvalue weighted by molar-refractivity contribution is 6.46. The molecule has 1 saturated heterocycles. The summed E-state index contributed by atoms with van der Waals surface area (Å²) in [6.07, 6.45) is -2.81. The minimum Gasteiger partial charge on any atom is -0.394 e. The largest absolute Gasteiger partial charge is 0.394 e. The van der Waals surface area contributed by atoms with Gasteiger partial charge in [-0.3, -0.25) is 9.79 Å². The van der Waals surface area contributed by atoms with Crippen molar-refractivity contribution in [3.05, 3.63) is 11.9 Å². The van der Waals surface area contributed by atoms with Crippen molar-refractivity contribution in [2.45, 2.75) is 24.5 Å². The average Bonchev–Trinajstić information content (AvgIpc) is 2.94. The second-order valence-corrected chi connectivity index (χ2v) is 4.38. The Morgan fingerprint density at radius 2 is 2.21 bits per heavy atom. The molecule has 0 saturated carbocycles. The number of carbonyl (C=O) groups is 1. The number of nitrogens with zero attached hydrogens (tertiary/aromatic N) is 4. The molecular weight excluding hydrogens is 256 g/mol. The first-order chi connectivity index (χ1) is 9.13. The first-order valence-electron chi connectivity index (χ1n) is 5.72. The minimum atomic E-state index is -1.21. The maximum absolute atomic E-state index is 11.5. The predicted octanol–water partition coefficient (Wildman–Crippen LogP) is -2.03. The molecule has 0 aliphatic carbocycles. The van der Waals surface area contributed by atoms with Crippen molar-refractivity contribution in [2.24, 2.45) is 15.2 Å². The molecule has 0 spiro atoms. The maximum atomic E-state index is 11.5. The summed E-state index contributed by atoms with van der Waals surface area (Å²) in [7, 11) is 0. The quantitative estimate of drug-likeness (QED) is 0.530. The molecule has 0 unspecified atom stereocenters. The predicted molar refractivity (Wildman–Crippen MR) is 59.8 cm³/mol. The van der Waals surface area contributed by atoms with Crippen LogP contribution < -0.4 is 0 Å². The van der Waals surface area contributed by atoms with Gasteiger partial charge >= 0.3 is 5.91 Å². The van der Waals surface area contributed by atoms with Crippen LogP contribution in [0.3, 0.4) is 0 Å². The second kappa shape index (κ2) is 4.46. The standard InChI is InChI=1S/C10H12N4O5/c15-2-5-7(16)8(17)10(19-5)14-3-11-6-4(14)1-12-13-9(6)18/h1,5,7-8,10,15-17H,2-3H2/t5-,7-,8-,10-/m1/s1. The summed E-state index contributed by atoms with van der Waals surface area (Å²) in [5, 5.41) is 35.6. The zero-order valence-corrected chi connectivity index (χ0v) is 9.75. The van der Waals surface area contributed by atoms with Crippen molar-refractivity contribution in [3.63, 3.8) is 0 Å². The van der Waals surface area contributed by atoms with Crippen molar-refractivity contribution in [1.82, 2.24) is 4.90 Å². The molecule has 1 amide bonds. The van der Waals surface area contributed by atoms with Crippen LogP contribution in [-0.2, 0) is 9.53 Å². The van der Waals surface area contributed by atoms with Crippen molar-refractivity contribution in [2.75, 3.05) is 13.3 Å². The molecule has 0 radical (unpaired) electrons. The Morgan fingerprint density at radius 3 is 2.89 bits per heavy atom. The molecule has 3 rings (SSSR count). The lowest BCUT2D eigenvalue weighted by Crippen LogP contribution is -2.43. The topological polar surface area (TPSA) is 127 Å². The Balaban J connectivity index is 1.84. The molecular formula is C10H12N4O5. The molecule has 102 valence electrons. The molecule has 0 aromatic heterocycles. The zero-order valence-electron chi connectivity index (χ0n) is 9.75. The molecule has 3 N–H and O–H groups in total. The SMILES string of the molecule is O=C1N=NC=C2C1=NCN2[C@@H]1O[C@H](CO)[C@@H](O)[C@H]1O. The van der Waals surface area contributed by atoms with Gasteiger partial charge < -0.3 is 25.0 Å². The van der Waals surface area contributed by atoms with Gasteiger partial charge in [0.2, 0.25) is 0 Å². The number of azo groups is 1. The van der Waals surface area contributed by atoms with Gasteiger partial charge in [0.15, 0.2) is 11.9 Å². The van der Waals surface area contributed by atoms with Crippen LogP contribution in [0.25, 0.3) is 0 Å². The molecule has 3 heterocycles. The number of carbonyl (C=O) groups excluding carboxylic acids is 1. The van der Waals surface area contributed by atoms with Gasteiger partial charge in [-0.25, -0.2) is 0 Å². The maximum Gasteiger partial charge on any atom is 0.315 e. The molecule has 4 atom stereocenters. The average molecular weight is 268 g/mol. The van der Waals surface area contributed by atoms with E-state index in [1.807, 2.05) is 0 Å². The van der Waals surface area contributed by atoms with Gasteiger partial charge in [-0.15, -0.1) is 5.11 Å². The number of fused-ring (bicyclic) bond motifs is 1. The Hall–Kier alpha value is -1.68. The molecule has 1 fully saturated rings. The van der Waals surface area contributed by atoms with Crippen LogP contribution in [0, 0.1) is 0 Å². The molecule has 9 heteroatoms. The van der Waals surface area contributed by atoms with Crippen LogP contribution in [0.2, 0.25) is 0 Å². The van der Waals surface area contributed by atoms with Crippen molar-refractivity contribution >= 4 is 11.6 Å². The van der Waals surface area contributed by atoms with Gasteiger partial charge in [0.1, 0.15) is 25.0 Å². The summed E-state index contributed by atoms with van der Waals surface area (Å²) in [4.78, 5) is 17.0. The number of hydrogen-bond donors (Lipinski definition) is 3. The van der Waals surface area contributed by atoms with Crippen LogP contribution in [0.5, 0.6) is 0 Å². The van der Waals surface area contributed by atoms with E-state index in [9.17, 15) is 15.0 Å². The van der Waals surface area contributed by atoms with Gasteiger partial charge in [0.25, 0.3) is 0 Å². The van der Waals surface area contributed by atoms with E-state index >= 15 is 0 Å². The minimum absolute atomic E-state index is 0.102. The van der Waals surface area contributed by atoms with Crippen LogP contribution in [0.1, 0.15) is 0 Å². The van der Waals surface area contributed by atoms with E-state index in [1.165, 1.54) is 11.1 Å². The van der Waals surface area contributed by atoms with Crippen LogP contribution in [0.4, 0.5) is 0 Å². The summed E-state index contributed by atoms with van der Waals surface area (Å²) in [5.74, 6) is -0.549. The van der Waals surface area contributed by atoms with Crippen molar-refractivity contribution in [3.8, 4) is 0 Å². The lowest BCUT2D eigenvalue weighted by molar-refractivity contribution is -0.112. The summed E-state index contributed by atoms with van der Waals surface area (Å²) < 4.78 is 5.38. The zero-order chi connectivity index (χ0) is 13.6. The summed E-state index contributed by atoms with van der Waals surface area (Å²) in [6, 6.07) is 0. The lowest BCUT2D eigenvalue weighted by atomic mass is 10.1. The van der Waals surface area contributed by atoms with E-state index < -0.39 is 37.1 Å². The smallest absolute Gasteiger partial charge is 0.315 e. The van der Waals surface area contributed by atoms with Crippen molar-refractivity contribution in [1.29, 1.82) is 0 Å². The molecule has 3 aliphatic rings. The van der Waals surface area contributed by atoms with Gasteiger partial charge in [-0.1, -0.05) is 0 Å². The fourth-order valence-corrected chi connectivity index (χ4v) is 2.29. The summed E-state index contributed by atoms with van der Waals surface area (Å²) in [6.45, 7) is -0.307. The Morgan fingerprint density at radius 1 is 1.42 bits per heavy atom. The van der Waals surface area contributed by atoms with Gasteiger partial charge in [0.05, 0.1) is 18.5 Å². The molecule has 3 aliphatic heterocycles.